The van der Waals surface area contributed by atoms with Crippen LogP contribution < -0.4 is 0 Å². The molecule has 0 amide bonds. The van der Waals surface area contributed by atoms with E-state index in [9.17, 15) is 9.36 Å². The molecular formula is C4H7O3P. The number of carbonyl (C=O) groups excluding carboxylic acids is 1. The molecule has 1 aliphatic heterocycles. The molecule has 3 nitrogen and oxygen atoms in total. The third-order valence-corrected chi connectivity index (χ3v) is 2.64. The van der Waals surface area contributed by atoms with E-state index < -0.39 is 7.37 Å². The molecular weight excluding hydrogens is 127 g/mol. The summed E-state index contributed by atoms with van der Waals surface area (Å²) in [7, 11) is -2.45. The minimum Gasteiger partial charge on any atom is -0.412 e. The van der Waals surface area contributed by atoms with E-state index in [1.54, 1.807) is 0 Å². The first-order chi connectivity index (χ1) is 3.60. The Morgan fingerprint density at radius 1 is 1.75 bits per heavy atom. The summed E-state index contributed by atoms with van der Waals surface area (Å²) in [6, 6.07) is 0. The van der Waals surface area contributed by atoms with E-state index in [0.29, 0.717) is 12.6 Å². The normalized spacial score (nSPS) is 37.4. The van der Waals surface area contributed by atoms with Gasteiger partial charge >= 0.3 is 5.97 Å². The average Bonchev–Trinajstić information content (AvgIpc) is 1.82. The van der Waals surface area contributed by atoms with E-state index in [-0.39, 0.29) is 5.97 Å². The van der Waals surface area contributed by atoms with Crippen LogP contribution in [0.4, 0.5) is 0 Å². The molecule has 1 saturated heterocycles. The molecule has 0 radical (unpaired) electrons. The maximum Gasteiger partial charge on any atom is 0.311 e. The number of rotatable bonds is 0. The Hall–Kier alpha value is -0.300. The quantitative estimate of drug-likeness (QED) is 0.461. The van der Waals surface area contributed by atoms with Crippen LogP contribution in [0.2, 0.25) is 0 Å². The summed E-state index contributed by atoms with van der Waals surface area (Å²) in [6.07, 6.45) is 0.750. The van der Waals surface area contributed by atoms with Gasteiger partial charge in [-0.2, -0.15) is 0 Å². The predicted octanol–water partition coefficient (Wildman–Crippen LogP) is 0.841. The number of hydrogen-bond donors (Lipinski definition) is 0. The third-order valence-electron chi connectivity index (χ3n) is 1.02. The van der Waals surface area contributed by atoms with Crippen molar-refractivity contribution in [2.24, 2.45) is 0 Å². The van der Waals surface area contributed by atoms with Crippen molar-refractivity contribution in [1.29, 1.82) is 0 Å². The van der Waals surface area contributed by atoms with Crippen LogP contribution in [0.15, 0.2) is 0 Å². The van der Waals surface area contributed by atoms with E-state index in [2.05, 4.69) is 4.52 Å². The van der Waals surface area contributed by atoms with Gasteiger partial charge in [-0.15, -0.1) is 0 Å². The summed E-state index contributed by atoms with van der Waals surface area (Å²) in [5.41, 5.74) is 0. The van der Waals surface area contributed by atoms with Crippen LogP contribution in [0.5, 0.6) is 0 Å². The minimum absolute atomic E-state index is 0.323. The Morgan fingerprint density at radius 2 is 2.38 bits per heavy atom. The van der Waals surface area contributed by atoms with Crippen LogP contribution in [-0.2, 0) is 13.9 Å². The van der Waals surface area contributed by atoms with Gasteiger partial charge in [0, 0.05) is 12.8 Å². The maximum absolute atomic E-state index is 10.8. The van der Waals surface area contributed by atoms with Crippen molar-refractivity contribution >= 4 is 13.3 Å². The van der Waals surface area contributed by atoms with Crippen molar-refractivity contribution < 1.29 is 13.9 Å². The molecule has 0 aromatic heterocycles. The molecule has 0 unspecified atom stereocenters. The lowest BCUT2D eigenvalue weighted by atomic mass is 10.5. The lowest BCUT2D eigenvalue weighted by Gasteiger charge is -1.98. The van der Waals surface area contributed by atoms with Crippen molar-refractivity contribution in [3.8, 4) is 0 Å². The van der Waals surface area contributed by atoms with Gasteiger partial charge in [0.25, 0.3) is 0 Å². The van der Waals surface area contributed by atoms with Crippen molar-refractivity contribution in [2.75, 3.05) is 12.8 Å². The van der Waals surface area contributed by atoms with Crippen molar-refractivity contribution in [2.45, 2.75) is 6.42 Å². The Morgan fingerprint density at radius 3 is 2.50 bits per heavy atom. The zero-order chi connectivity index (χ0) is 6.20. The fourth-order valence-corrected chi connectivity index (χ4v) is 1.80. The zero-order valence-electron chi connectivity index (χ0n) is 4.59. The van der Waals surface area contributed by atoms with Gasteiger partial charge in [0.2, 0.25) is 7.37 Å². The van der Waals surface area contributed by atoms with E-state index in [1.165, 1.54) is 6.66 Å². The lowest BCUT2D eigenvalue weighted by molar-refractivity contribution is -0.132. The van der Waals surface area contributed by atoms with Crippen molar-refractivity contribution in [3.63, 3.8) is 0 Å². The lowest BCUT2D eigenvalue weighted by Crippen LogP contribution is -1.87. The summed E-state index contributed by atoms with van der Waals surface area (Å²) in [5, 5.41) is 0. The standard InChI is InChI=1S/C4H7O3P/c1-8(6)3-2-4(5)7-8/h2-3H2,1H3/t8-/m0/s1. The third kappa shape index (κ3) is 1.10. The highest BCUT2D eigenvalue weighted by atomic mass is 31.2. The molecule has 4 heteroatoms. The zero-order valence-corrected chi connectivity index (χ0v) is 5.48. The highest BCUT2D eigenvalue weighted by molar-refractivity contribution is 7.59. The molecule has 0 aliphatic carbocycles. The summed E-state index contributed by atoms with van der Waals surface area (Å²) >= 11 is 0. The van der Waals surface area contributed by atoms with Crippen LogP contribution >= 0.6 is 7.37 Å². The Balaban J connectivity index is 2.70. The summed E-state index contributed by atoms with van der Waals surface area (Å²) in [6.45, 7) is 1.48. The Labute approximate surface area is 47.5 Å². The van der Waals surface area contributed by atoms with E-state index in [4.69, 9.17) is 0 Å². The fraction of sp³-hybridized carbons (Fsp3) is 0.750. The molecule has 1 fully saturated rings. The molecule has 0 N–H and O–H groups in total. The minimum atomic E-state index is -2.45. The van der Waals surface area contributed by atoms with E-state index in [0.717, 1.165) is 0 Å². The average molecular weight is 134 g/mol. The number of hydrogen-bond acceptors (Lipinski definition) is 3. The predicted molar refractivity (Wildman–Crippen MR) is 29.1 cm³/mol. The second-order valence-electron chi connectivity index (χ2n) is 1.95. The topological polar surface area (TPSA) is 43.4 Å². The summed E-state index contributed by atoms with van der Waals surface area (Å²) < 4.78 is 15.2. The summed E-state index contributed by atoms with van der Waals surface area (Å²) in [5.74, 6) is -0.323. The SMILES string of the molecule is C[P@@]1(=O)CCC(=O)O1. The van der Waals surface area contributed by atoms with Crippen LogP contribution in [0.25, 0.3) is 0 Å². The van der Waals surface area contributed by atoms with Crippen LogP contribution in [-0.4, -0.2) is 18.8 Å². The molecule has 0 bridgehead atoms. The molecule has 1 rings (SSSR count). The molecule has 1 atom stereocenters. The first-order valence-corrected chi connectivity index (χ1v) is 4.65. The van der Waals surface area contributed by atoms with Gasteiger partial charge in [-0.25, -0.2) is 0 Å². The van der Waals surface area contributed by atoms with Crippen LogP contribution in [0, 0.1) is 0 Å². The van der Waals surface area contributed by atoms with E-state index >= 15 is 0 Å². The van der Waals surface area contributed by atoms with Crippen LogP contribution in [0.1, 0.15) is 6.42 Å². The smallest absolute Gasteiger partial charge is 0.311 e. The van der Waals surface area contributed by atoms with Gasteiger partial charge in [0.05, 0.1) is 6.42 Å². The molecule has 8 heavy (non-hydrogen) atoms. The monoisotopic (exact) mass is 134 g/mol. The van der Waals surface area contributed by atoms with Gasteiger partial charge in [-0.1, -0.05) is 0 Å². The van der Waals surface area contributed by atoms with Gasteiger partial charge in [-0.05, 0) is 0 Å². The second kappa shape index (κ2) is 1.59. The molecule has 0 aromatic carbocycles. The van der Waals surface area contributed by atoms with Gasteiger partial charge < -0.3 is 4.52 Å². The van der Waals surface area contributed by atoms with Crippen molar-refractivity contribution in [1.82, 2.24) is 0 Å². The molecule has 1 heterocycles. The van der Waals surface area contributed by atoms with Gasteiger partial charge in [-0.3, -0.25) is 9.36 Å². The molecule has 46 valence electrons. The molecule has 0 spiro atoms. The van der Waals surface area contributed by atoms with Gasteiger partial charge in [0.1, 0.15) is 0 Å². The van der Waals surface area contributed by atoms with Gasteiger partial charge in [0.15, 0.2) is 0 Å². The molecule has 0 aromatic rings. The Bertz CT molecular complexity index is 163. The highest BCUT2D eigenvalue weighted by Crippen LogP contribution is 2.48. The largest absolute Gasteiger partial charge is 0.412 e. The second-order valence-corrected chi connectivity index (χ2v) is 4.61. The Kier molecular flexibility index (Phi) is 1.16. The first-order valence-electron chi connectivity index (χ1n) is 2.39. The van der Waals surface area contributed by atoms with E-state index in [1.807, 2.05) is 0 Å². The maximum atomic E-state index is 10.8. The highest BCUT2D eigenvalue weighted by Gasteiger charge is 2.28. The molecule has 1 aliphatic rings. The van der Waals surface area contributed by atoms with Crippen LogP contribution in [0.3, 0.4) is 0 Å². The first kappa shape index (κ1) is 5.83. The van der Waals surface area contributed by atoms with Crippen molar-refractivity contribution in [3.05, 3.63) is 0 Å². The fourth-order valence-electron chi connectivity index (χ4n) is 0.601. The molecule has 0 saturated carbocycles. The number of carbonyl (C=O) groups is 1. The summed E-state index contributed by atoms with van der Waals surface area (Å²) in [4.78, 5) is 10.3.